The molecule has 0 radical (unpaired) electrons. The number of hydrogen-bond acceptors (Lipinski definition) is 2. The molecule has 0 bridgehead atoms. The first-order valence-electron chi connectivity index (χ1n) is 4.83. The lowest BCUT2D eigenvalue weighted by Crippen LogP contribution is -2.15. The van der Waals surface area contributed by atoms with Crippen LogP contribution in [0.4, 0.5) is 0 Å². The Labute approximate surface area is 87.7 Å². The van der Waals surface area contributed by atoms with E-state index in [2.05, 4.69) is 4.98 Å². The fourth-order valence-electron chi connectivity index (χ4n) is 1.77. The van der Waals surface area contributed by atoms with Crippen molar-refractivity contribution >= 4 is 10.9 Å². The lowest BCUT2D eigenvalue weighted by molar-refractivity contribution is 0.183. The number of aromatic nitrogens is 1. The lowest BCUT2D eigenvalue weighted by atomic mass is 10.1. The smallest absolute Gasteiger partial charge is 0.254 e. The average Bonchev–Trinajstić information content (AvgIpc) is 2.24. The van der Waals surface area contributed by atoms with E-state index in [1.54, 1.807) is 7.11 Å². The summed E-state index contributed by atoms with van der Waals surface area (Å²) in [6.07, 6.45) is 0. The molecule has 1 N–H and O–H groups in total. The zero-order valence-electron chi connectivity index (χ0n) is 8.83. The van der Waals surface area contributed by atoms with Gasteiger partial charge in [-0.3, -0.25) is 4.79 Å². The third kappa shape index (κ3) is 1.66. The maximum Gasteiger partial charge on any atom is 0.254 e. The number of H-pyrrole nitrogens is 1. The summed E-state index contributed by atoms with van der Waals surface area (Å²) < 4.78 is 5.02. The number of hydrogen-bond donors (Lipinski definition) is 1. The molecule has 0 unspecified atom stereocenters. The van der Waals surface area contributed by atoms with Gasteiger partial charge in [-0.2, -0.15) is 0 Å². The molecule has 0 spiro atoms. The Bertz CT molecular complexity index is 543. The summed E-state index contributed by atoms with van der Waals surface area (Å²) in [5, 5.41) is 1.07. The number of fused-ring (bicyclic) bond motifs is 1. The minimum absolute atomic E-state index is 0.0620. The van der Waals surface area contributed by atoms with Crippen LogP contribution >= 0.6 is 0 Å². The van der Waals surface area contributed by atoms with Gasteiger partial charge in [0, 0.05) is 23.6 Å². The Balaban J connectivity index is 2.78. The molecule has 15 heavy (non-hydrogen) atoms. The normalized spacial score (nSPS) is 10.8. The van der Waals surface area contributed by atoms with Gasteiger partial charge in [0.15, 0.2) is 0 Å². The molecule has 1 aromatic heterocycles. The van der Waals surface area contributed by atoms with Crippen molar-refractivity contribution in [3.8, 4) is 0 Å². The van der Waals surface area contributed by atoms with Gasteiger partial charge in [0.1, 0.15) is 0 Å². The van der Waals surface area contributed by atoms with Crippen LogP contribution in [-0.2, 0) is 11.3 Å². The number of methoxy groups -OCH3 is 1. The molecule has 0 saturated carbocycles. The second-order valence-electron chi connectivity index (χ2n) is 3.54. The monoisotopic (exact) mass is 203 g/mol. The maximum atomic E-state index is 11.7. The standard InChI is InChI=1S/C12H13NO2/c1-8-9-5-3-4-6-11(9)13-12(14)10(8)7-15-2/h3-6H,7H2,1-2H3,(H,13,14). The minimum atomic E-state index is -0.0620. The van der Waals surface area contributed by atoms with E-state index in [9.17, 15) is 4.79 Å². The van der Waals surface area contributed by atoms with Gasteiger partial charge in [-0.05, 0) is 18.6 Å². The largest absolute Gasteiger partial charge is 0.380 e. The van der Waals surface area contributed by atoms with Crippen molar-refractivity contribution in [1.82, 2.24) is 4.98 Å². The van der Waals surface area contributed by atoms with Crippen LogP contribution in [0.5, 0.6) is 0 Å². The SMILES string of the molecule is COCc1c(C)c2ccccc2[nH]c1=O. The molecule has 0 aliphatic rings. The molecule has 0 aliphatic carbocycles. The van der Waals surface area contributed by atoms with Crippen LogP contribution in [0, 0.1) is 6.92 Å². The zero-order chi connectivity index (χ0) is 10.8. The van der Waals surface area contributed by atoms with E-state index < -0.39 is 0 Å². The highest BCUT2D eigenvalue weighted by atomic mass is 16.5. The molecule has 0 fully saturated rings. The van der Waals surface area contributed by atoms with E-state index in [0.29, 0.717) is 12.2 Å². The molecule has 1 aromatic carbocycles. The van der Waals surface area contributed by atoms with Crippen molar-refractivity contribution in [3.05, 3.63) is 45.7 Å². The van der Waals surface area contributed by atoms with Crippen molar-refractivity contribution in [2.45, 2.75) is 13.5 Å². The second kappa shape index (κ2) is 3.87. The lowest BCUT2D eigenvalue weighted by Gasteiger charge is -2.07. The minimum Gasteiger partial charge on any atom is -0.380 e. The summed E-state index contributed by atoms with van der Waals surface area (Å²) in [5.41, 5.74) is 2.51. The first kappa shape index (κ1) is 9.93. The Kier molecular flexibility index (Phi) is 2.56. The summed E-state index contributed by atoms with van der Waals surface area (Å²) in [4.78, 5) is 14.6. The highest BCUT2D eigenvalue weighted by molar-refractivity contribution is 5.82. The fourth-order valence-corrected chi connectivity index (χ4v) is 1.77. The van der Waals surface area contributed by atoms with Crippen LogP contribution in [0.1, 0.15) is 11.1 Å². The topological polar surface area (TPSA) is 42.1 Å². The molecule has 2 aromatic rings. The second-order valence-corrected chi connectivity index (χ2v) is 3.54. The van der Waals surface area contributed by atoms with E-state index >= 15 is 0 Å². The van der Waals surface area contributed by atoms with Gasteiger partial charge >= 0.3 is 0 Å². The van der Waals surface area contributed by atoms with Crippen molar-refractivity contribution < 1.29 is 4.74 Å². The van der Waals surface area contributed by atoms with Gasteiger partial charge in [0.25, 0.3) is 5.56 Å². The van der Waals surface area contributed by atoms with Crippen molar-refractivity contribution in [3.63, 3.8) is 0 Å². The Hall–Kier alpha value is -1.61. The number of pyridine rings is 1. The van der Waals surface area contributed by atoms with Crippen LogP contribution in [0.3, 0.4) is 0 Å². The predicted molar refractivity (Wildman–Crippen MR) is 60.0 cm³/mol. The molecular weight excluding hydrogens is 190 g/mol. The molecule has 0 saturated heterocycles. The van der Waals surface area contributed by atoms with Crippen molar-refractivity contribution in [2.24, 2.45) is 0 Å². The average molecular weight is 203 g/mol. The molecule has 3 nitrogen and oxygen atoms in total. The van der Waals surface area contributed by atoms with Crippen molar-refractivity contribution in [1.29, 1.82) is 0 Å². The van der Waals surface area contributed by atoms with Crippen LogP contribution in [0.25, 0.3) is 10.9 Å². The van der Waals surface area contributed by atoms with Crippen molar-refractivity contribution in [2.75, 3.05) is 7.11 Å². The quantitative estimate of drug-likeness (QED) is 0.811. The van der Waals surface area contributed by atoms with E-state index in [-0.39, 0.29) is 5.56 Å². The summed E-state index contributed by atoms with van der Waals surface area (Å²) in [6, 6.07) is 7.78. The van der Waals surface area contributed by atoms with Gasteiger partial charge < -0.3 is 9.72 Å². The highest BCUT2D eigenvalue weighted by Crippen LogP contribution is 2.16. The number of para-hydroxylation sites is 1. The van der Waals surface area contributed by atoms with Crippen LogP contribution in [0.15, 0.2) is 29.1 Å². The molecule has 78 valence electrons. The van der Waals surface area contributed by atoms with E-state index in [1.165, 1.54) is 0 Å². The third-order valence-corrected chi connectivity index (χ3v) is 2.59. The van der Waals surface area contributed by atoms with E-state index in [0.717, 1.165) is 16.5 Å². The molecule has 3 heteroatoms. The Morgan fingerprint density at radius 1 is 1.33 bits per heavy atom. The van der Waals surface area contributed by atoms with Crippen LogP contribution in [-0.4, -0.2) is 12.1 Å². The zero-order valence-corrected chi connectivity index (χ0v) is 8.83. The first-order chi connectivity index (χ1) is 7.24. The van der Waals surface area contributed by atoms with Crippen LogP contribution in [0.2, 0.25) is 0 Å². The number of rotatable bonds is 2. The maximum absolute atomic E-state index is 11.7. The van der Waals surface area contributed by atoms with Gasteiger partial charge in [0.05, 0.1) is 6.61 Å². The van der Waals surface area contributed by atoms with E-state index in [1.807, 2.05) is 31.2 Å². The highest BCUT2D eigenvalue weighted by Gasteiger charge is 2.07. The Morgan fingerprint density at radius 2 is 2.07 bits per heavy atom. The number of ether oxygens (including phenoxy) is 1. The molecule has 0 aliphatic heterocycles. The summed E-state index contributed by atoms with van der Waals surface area (Å²) in [5.74, 6) is 0. The Morgan fingerprint density at radius 3 is 2.80 bits per heavy atom. The molecule has 0 atom stereocenters. The first-order valence-corrected chi connectivity index (χ1v) is 4.83. The molecule has 0 amide bonds. The van der Waals surface area contributed by atoms with Gasteiger partial charge in [-0.25, -0.2) is 0 Å². The van der Waals surface area contributed by atoms with Gasteiger partial charge in [-0.1, -0.05) is 18.2 Å². The number of aryl methyl sites for hydroxylation is 1. The third-order valence-electron chi connectivity index (χ3n) is 2.59. The summed E-state index contributed by atoms with van der Waals surface area (Å²) in [6.45, 7) is 2.30. The predicted octanol–water partition coefficient (Wildman–Crippen LogP) is 1.98. The fraction of sp³-hybridized carbons (Fsp3) is 0.250. The number of aromatic amines is 1. The molecular formula is C12H13NO2. The van der Waals surface area contributed by atoms with Crippen LogP contribution < -0.4 is 5.56 Å². The number of benzene rings is 1. The summed E-state index contributed by atoms with van der Waals surface area (Å²) in [7, 11) is 1.59. The van der Waals surface area contributed by atoms with E-state index in [4.69, 9.17) is 4.74 Å². The summed E-state index contributed by atoms with van der Waals surface area (Å²) >= 11 is 0. The number of nitrogens with one attached hydrogen (secondary N) is 1. The van der Waals surface area contributed by atoms with Gasteiger partial charge in [-0.15, -0.1) is 0 Å². The molecule has 2 rings (SSSR count). The van der Waals surface area contributed by atoms with Gasteiger partial charge in [0.2, 0.25) is 0 Å². The molecule has 1 heterocycles.